The Morgan fingerprint density at radius 3 is 2.43 bits per heavy atom. The molecule has 0 saturated carbocycles. The molecule has 1 aliphatic heterocycles. The predicted octanol–water partition coefficient (Wildman–Crippen LogP) is 3.31. The van der Waals surface area contributed by atoms with E-state index in [4.69, 9.17) is 0 Å². The van der Waals surface area contributed by atoms with Crippen LogP contribution in [0.25, 0.3) is 0 Å². The SMILES string of the molecule is Cc1c(C(=O)NCc2cccc(CN3CCCCC3)c2)cccc1N(C)S(C)(=O)=O. The van der Waals surface area contributed by atoms with Crippen molar-refractivity contribution in [2.45, 2.75) is 39.3 Å². The van der Waals surface area contributed by atoms with Gasteiger partial charge in [-0.1, -0.05) is 36.8 Å². The fourth-order valence-electron chi connectivity index (χ4n) is 3.88. The van der Waals surface area contributed by atoms with Crippen molar-refractivity contribution < 1.29 is 13.2 Å². The Balaban J connectivity index is 1.67. The number of carbonyl (C=O) groups excluding carboxylic acids is 1. The van der Waals surface area contributed by atoms with Crippen LogP contribution in [0, 0.1) is 6.92 Å². The number of hydrogen-bond donors (Lipinski definition) is 1. The normalized spacial score (nSPS) is 15.0. The van der Waals surface area contributed by atoms with Crippen molar-refractivity contribution in [2.24, 2.45) is 0 Å². The Bertz CT molecular complexity index is 999. The van der Waals surface area contributed by atoms with Gasteiger partial charge >= 0.3 is 0 Å². The van der Waals surface area contributed by atoms with E-state index in [0.717, 1.165) is 31.5 Å². The van der Waals surface area contributed by atoms with Gasteiger partial charge < -0.3 is 5.32 Å². The van der Waals surface area contributed by atoms with Crippen LogP contribution in [0.4, 0.5) is 5.69 Å². The number of anilines is 1. The molecule has 0 unspecified atom stereocenters. The molecule has 0 spiro atoms. The van der Waals surface area contributed by atoms with E-state index in [1.54, 1.807) is 25.1 Å². The Morgan fingerprint density at radius 1 is 1.07 bits per heavy atom. The molecule has 1 fully saturated rings. The van der Waals surface area contributed by atoms with E-state index >= 15 is 0 Å². The maximum absolute atomic E-state index is 12.8. The van der Waals surface area contributed by atoms with Crippen LogP contribution in [0.5, 0.6) is 0 Å². The van der Waals surface area contributed by atoms with Crippen molar-refractivity contribution in [3.05, 3.63) is 64.7 Å². The van der Waals surface area contributed by atoms with E-state index in [0.29, 0.717) is 23.4 Å². The first kappa shape index (κ1) is 22.3. The maximum Gasteiger partial charge on any atom is 0.251 e. The monoisotopic (exact) mass is 429 g/mol. The third-order valence-electron chi connectivity index (χ3n) is 5.69. The van der Waals surface area contributed by atoms with Crippen LogP contribution in [0.3, 0.4) is 0 Å². The zero-order chi connectivity index (χ0) is 21.7. The second-order valence-corrected chi connectivity index (χ2v) is 10.0. The summed E-state index contributed by atoms with van der Waals surface area (Å²) in [6.45, 7) is 5.45. The minimum atomic E-state index is -3.40. The zero-order valence-electron chi connectivity index (χ0n) is 18.0. The molecule has 1 saturated heterocycles. The van der Waals surface area contributed by atoms with Crippen LogP contribution < -0.4 is 9.62 Å². The standard InChI is InChI=1S/C23H31N3O3S/c1-18-21(11-8-12-22(18)25(2)30(3,28)29)23(27)24-16-19-9-7-10-20(15-19)17-26-13-5-4-6-14-26/h7-12,15H,4-6,13-14,16-17H2,1-3H3,(H,24,27). The Kier molecular flexibility index (Phi) is 7.15. The Morgan fingerprint density at radius 2 is 1.73 bits per heavy atom. The zero-order valence-corrected chi connectivity index (χ0v) is 18.8. The van der Waals surface area contributed by atoms with Crippen LogP contribution >= 0.6 is 0 Å². The number of piperidine rings is 1. The summed E-state index contributed by atoms with van der Waals surface area (Å²) in [5.41, 5.74) is 3.94. The van der Waals surface area contributed by atoms with Gasteiger partial charge in [-0.3, -0.25) is 14.0 Å². The van der Waals surface area contributed by atoms with Crippen LogP contribution in [0.15, 0.2) is 42.5 Å². The molecular weight excluding hydrogens is 398 g/mol. The number of nitrogens with one attached hydrogen (secondary N) is 1. The smallest absolute Gasteiger partial charge is 0.251 e. The van der Waals surface area contributed by atoms with E-state index in [1.165, 1.54) is 36.2 Å². The van der Waals surface area contributed by atoms with E-state index < -0.39 is 10.0 Å². The molecule has 1 aliphatic rings. The lowest BCUT2D eigenvalue weighted by molar-refractivity contribution is 0.0950. The summed E-state index contributed by atoms with van der Waals surface area (Å²) in [7, 11) is -1.90. The molecule has 0 bridgehead atoms. The van der Waals surface area contributed by atoms with Gasteiger partial charge in [-0.05, 0) is 61.7 Å². The van der Waals surface area contributed by atoms with Gasteiger partial charge in [0.15, 0.2) is 0 Å². The third kappa shape index (κ3) is 5.61. The van der Waals surface area contributed by atoms with Gasteiger partial charge in [0.2, 0.25) is 10.0 Å². The maximum atomic E-state index is 12.8. The number of nitrogens with zero attached hydrogens (tertiary/aromatic N) is 2. The van der Waals surface area contributed by atoms with Gasteiger partial charge in [-0.2, -0.15) is 0 Å². The molecule has 2 aromatic carbocycles. The second-order valence-electron chi connectivity index (χ2n) is 8.02. The molecule has 0 atom stereocenters. The topological polar surface area (TPSA) is 69.7 Å². The first-order valence-corrected chi connectivity index (χ1v) is 12.2. The fraction of sp³-hybridized carbons (Fsp3) is 0.435. The number of likely N-dealkylation sites (tertiary alicyclic amines) is 1. The minimum Gasteiger partial charge on any atom is -0.348 e. The largest absolute Gasteiger partial charge is 0.348 e. The molecule has 6 nitrogen and oxygen atoms in total. The number of amides is 1. The summed E-state index contributed by atoms with van der Waals surface area (Å²) < 4.78 is 24.9. The first-order chi connectivity index (χ1) is 14.3. The van der Waals surface area contributed by atoms with Crippen molar-refractivity contribution >= 4 is 21.6 Å². The summed E-state index contributed by atoms with van der Waals surface area (Å²) in [5.74, 6) is -0.210. The molecule has 1 N–H and O–H groups in total. The lowest BCUT2D eigenvalue weighted by Gasteiger charge is -2.26. The molecule has 7 heteroatoms. The Hall–Kier alpha value is -2.38. The molecular formula is C23H31N3O3S. The first-order valence-electron chi connectivity index (χ1n) is 10.4. The molecule has 3 rings (SSSR count). The number of sulfonamides is 1. The highest BCUT2D eigenvalue weighted by Crippen LogP contribution is 2.24. The van der Waals surface area contributed by atoms with Crippen molar-refractivity contribution in [3.63, 3.8) is 0 Å². The summed E-state index contributed by atoms with van der Waals surface area (Å²) >= 11 is 0. The van der Waals surface area contributed by atoms with Gasteiger partial charge in [0.05, 0.1) is 11.9 Å². The molecule has 1 amide bonds. The van der Waals surface area contributed by atoms with E-state index in [9.17, 15) is 13.2 Å². The fourth-order valence-corrected chi connectivity index (χ4v) is 4.44. The van der Waals surface area contributed by atoms with E-state index in [2.05, 4.69) is 22.3 Å². The van der Waals surface area contributed by atoms with Gasteiger partial charge in [0.25, 0.3) is 5.91 Å². The van der Waals surface area contributed by atoms with Crippen LogP contribution in [-0.4, -0.2) is 45.6 Å². The second kappa shape index (κ2) is 9.62. The van der Waals surface area contributed by atoms with Crippen LogP contribution in [0.1, 0.15) is 46.3 Å². The van der Waals surface area contributed by atoms with Gasteiger partial charge in [0.1, 0.15) is 0 Å². The molecule has 2 aromatic rings. The highest BCUT2D eigenvalue weighted by atomic mass is 32.2. The number of benzene rings is 2. The van der Waals surface area contributed by atoms with Crippen LogP contribution in [-0.2, 0) is 23.1 Å². The molecule has 30 heavy (non-hydrogen) atoms. The van der Waals surface area contributed by atoms with Crippen LogP contribution in [0.2, 0.25) is 0 Å². The summed E-state index contributed by atoms with van der Waals surface area (Å²) in [6, 6.07) is 13.5. The number of carbonyl (C=O) groups is 1. The van der Waals surface area contributed by atoms with Crippen molar-refractivity contribution in [1.29, 1.82) is 0 Å². The highest BCUT2D eigenvalue weighted by Gasteiger charge is 2.18. The average Bonchev–Trinajstić information content (AvgIpc) is 2.72. The van der Waals surface area contributed by atoms with E-state index in [-0.39, 0.29) is 5.91 Å². The average molecular weight is 430 g/mol. The number of rotatable bonds is 7. The quantitative estimate of drug-likeness (QED) is 0.733. The van der Waals surface area contributed by atoms with Crippen molar-refractivity contribution in [1.82, 2.24) is 10.2 Å². The van der Waals surface area contributed by atoms with Crippen molar-refractivity contribution in [2.75, 3.05) is 30.7 Å². The lowest BCUT2D eigenvalue weighted by atomic mass is 10.1. The van der Waals surface area contributed by atoms with Crippen molar-refractivity contribution in [3.8, 4) is 0 Å². The third-order valence-corrected chi connectivity index (χ3v) is 6.88. The van der Waals surface area contributed by atoms with Gasteiger partial charge in [-0.15, -0.1) is 0 Å². The van der Waals surface area contributed by atoms with Gasteiger partial charge in [0, 0.05) is 25.7 Å². The lowest BCUT2D eigenvalue weighted by Crippen LogP contribution is -2.29. The minimum absolute atomic E-state index is 0.210. The Labute approximate surface area is 179 Å². The molecule has 0 aromatic heterocycles. The number of hydrogen-bond acceptors (Lipinski definition) is 4. The van der Waals surface area contributed by atoms with E-state index in [1.807, 2.05) is 12.1 Å². The van der Waals surface area contributed by atoms with Gasteiger partial charge in [-0.25, -0.2) is 8.42 Å². The predicted molar refractivity (Wildman–Crippen MR) is 121 cm³/mol. The molecule has 0 aliphatic carbocycles. The molecule has 0 radical (unpaired) electrons. The summed E-state index contributed by atoms with van der Waals surface area (Å²) in [6.07, 6.45) is 5.00. The summed E-state index contributed by atoms with van der Waals surface area (Å²) in [4.78, 5) is 15.3. The molecule has 1 heterocycles. The summed E-state index contributed by atoms with van der Waals surface area (Å²) in [5, 5.41) is 2.97. The highest BCUT2D eigenvalue weighted by molar-refractivity contribution is 7.92. The molecule has 162 valence electrons.